The van der Waals surface area contributed by atoms with Crippen LogP contribution in [0.2, 0.25) is 0 Å². The highest BCUT2D eigenvalue weighted by atomic mass is 32.2. The van der Waals surface area contributed by atoms with Crippen molar-refractivity contribution in [3.8, 4) is 0 Å². The number of esters is 1. The zero-order valence-electron chi connectivity index (χ0n) is 13.8. The Morgan fingerprint density at radius 1 is 1.42 bits per heavy atom. The van der Waals surface area contributed by atoms with E-state index in [1.54, 1.807) is 6.26 Å². The number of nitrogens with zero attached hydrogens (tertiary/aromatic N) is 1. The molecule has 142 valence electrons. The van der Waals surface area contributed by atoms with Crippen LogP contribution in [-0.2, 0) is 28.7 Å². The molecule has 2 amide bonds. The average Bonchev–Trinajstić information content (AvgIpc) is 2.60. The molecule has 2 N–H and O–H groups in total. The van der Waals surface area contributed by atoms with E-state index in [0.29, 0.717) is 5.57 Å². The van der Waals surface area contributed by atoms with Gasteiger partial charge in [0.25, 0.3) is 11.8 Å². The van der Waals surface area contributed by atoms with E-state index in [2.05, 4.69) is 5.32 Å². The molecular formula is C14H16N2O7S3. The van der Waals surface area contributed by atoms with Crippen molar-refractivity contribution < 1.29 is 33.8 Å². The Labute approximate surface area is 162 Å². The summed E-state index contributed by atoms with van der Waals surface area (Å²) >= 11 is 7.28. The van der Waals surface area contributed by atoms with Gasteiger partial charge < -0.3 is 19.9 Å². The fourth-order valence-corrected chi connectivity index (χ4v) is 3.94. The summed E-state index contributed by atoms with van der Waals surface area (Å²) in [6.07, 6.45) is 1.71. The van der Waals surface area contributed by atoms with Crippen LogP contribution in [0.3, 0.4) is 0 Å². The van der Waals surface area contributed by atoms with E-state index in [-0.39, 0.29) is 29.0 Å². The number of aliphatic carboxylic acids is 1. The molecule has 0 bridgehead atoms. The maximum atomic E-state index is 12.3. The summed E-state index contributed by atoms with van der Waals surface area (Å²) in [4.78, 5) is 47.8. The van der Waals surface area contributed by atoms with Gasteiger partial charge in [-0.3, -0.25) is 19.3 Å². The molecule has 2 rings (SSSR count). The van der Waals surface area contributed by atoms with Crippen LogP contribution in [0.15, 0.2) is 11.3 Å². The Morgan fingerprint density at radius 3 is 2.69 bits per heavy atom. The minimum Gasteiger partial charge on any atom is -0.477 e. The van der Waals surface area contributed by atoms with Crippen LogP contribution < -0.4 is 5.32 Å². The smallest absolute Gasteiger partial charge is 0.352 e. The molecule has 0 spiro atoms. The van der Waals surface area contributed by atoms with Crippen LogP contribution in [0.25, 0.3) is 0 Å². The molecule has 2 atom stereocenters. The monoisotopic (exact) mass is 420 g/mol. The van der Waals surface area contributed by atoms with Gasteiger partial charge in [0.2, 0.25) is 4.38 Å². The van der Waals surface area contributed by atoms with Gasteiger partial charge in [-0.25, -0.2) is 4.79 Å². The number of nitrogens with one attached hydrogen (secondary N) is 1. The van der Waals surface area contributed by atoms with Crippen molar-refractivity contribution in [2.24, 2.45) is 0 Å². The third-order valence-corrected chi connectivity index (χ3v) is 5.91. The minimum atomic E-state index is -1.29. The molecule has 2 aliphatic heterocycles. The Morgan fingerprint density at radius 2 is 2.12 bits per heavy atom. The maximum Gasteiger partial charge on any atom is 0.352 e. The molecule has 0 radical (unpaired) electrons. The molecule has 0 aromatic heterocycles. The normalized spacial score (nSPS) is 21.5. The molecule has 26 heavy (non-hydrogen) atoms. The third-order valence-electron chi connectivity index (χ3n) is 3.50. The van der Waals surface area contributed by atoms with Crippen LogP contribution >= 0.6 is 35.7 Å². The molecule has 0 saturated carbocycles. The molecule has 12 heteroatoms. The Kier molecular flexibility index (Phi) is 6.89. The number of carboxylic acid groups (broad SMARTS) is 1. The first kappa shape index (κ1) is 20.5. The molecule has 0 aliphatic carbocycles. The zero-order valence-corrected chi connectivity index (χ0v) is 16.3. The van der Waals surface area contributed by atoms with Gasteiger partial charge in [0.05, 0.1) is 0 Å². The summed E-state index contributed by atoms with van der Waals surface area (Å²) in [5.74, 6) is -2.63. The van der Waals surface area contributed by atoms with Crippen molar-refractivity contribution >= 4 is 63.9 Å². The van der Waals surface area contributed by atoms with E-state index in [1.165, 1.54) is 30.4 Å². The molecule has 0 aromatic carbocycles. The summed E-state index contributed by atoms with van der Waals surface area (Å²) in [5.41, 5.74) is 0.131. The molecule has 2 heterocycles. The largest absolute Gasteiger partial charge is 0.477 e. The van der Waals surface area contributed by atoms with Gasteiger partial charge in [-0.1, -0.05) is 11.8 Å². The van der Waals surface area contributed by atoms with Gasteiger partial charge in [-0.05, 0) is 18.5 Å². The standard InChI is InChI=1S/C14H16N2O7S3/c1-6(17)22-3-7-5-26-12-9(11(19)16(12)10(7)13(20)21)15-8(18)4-23-14(24)25-2/h9,12H,3-5H2,1-2H3,(H,15,18)(H,20,21). The first-order chi connectivity index (χ1) is 12.3. The number of carbonyl (C=O) groups excluding carboxylic acids is 3. The van der Waals surface area contributed by atoms with Crippen molar-refractivity contribution in [3.63, 3.8) is 0 Å². The number of fused-ring (bicyclic) bond motifs is 1. The van der Waals surface area contributed by atoms with Gasteiger partial charge in [-0.15, -0.1) is 11.8 Å². The molecule has 1 fully saturated rings. The number of amides is 2. The van der Waals surface area contributed by atoms with Crippen LogP contribution in [0.4, 0.5) is 0 Å². The van der Waals surface area contributed by atoms with Crippen LogP contribution in [-0.4, -0.2) is 74.8 Å². The Hall–Kier alpha value is -1.79. The molecular weight excluding hydrogens is 404 g/mol. The number of hydrogen-bond acceptors (Lipinski definition) is 9. The van der Waals surface area contributed by atoms with E-state index in [9.17, 15) is 24.3 Å². The van der Waals surface area contributed by atoms with Crippen LogP contribution in [0.5, 0.6) is 0 Å². The summed E-state index contributed by atoms with van der Waals surface area (Å²) < 4.78 is 10.1. The van der Waals surface area contributed by atoms with Gasteiger partial charge in [0.15, 0.2) is 6.61 Å². The highest BCUT2D eigenvalue weighted by molar-refractivity contribution is 8.22. The molecule has 0 aromatic rings. The lowest BCUT2D eigenvalue weighted by molar-refractivity contribution is -0.151. The highest BCUT2D eigenvalue weighted by Gasteiger charge is 2.54. The topological polar surface area (TPSA) is 122 Å². The van der Waals surface area contributed by atoms with Crippen LogP contribution in [0, 0.1) is 0 Å². The number of ether oxygens (including phenoxy) is 2. The number of thiocarbonyl (C=S) groups is 1. The Balaban J connectivity index is 2.04. The van der Waals surface area contributed by atoms with Crippen molar-refractivity contribution in [3.05, 3.63) is 11.3 Å². The quantitative estimate of drug-likeness (QED) is 0.344. The third kappa shape index (κ3) is 4.48. The zero-order chi connectivity index (χ0) is 19.4. The number of carbonyl (C=O) groups is 4. The highest BCUT2D eigenvalue weighted by Crippen LogP contribution is 2.40. The summed E-state index contributed by atoms with van der Waals surface area (Å²) in [5, 5.41) is 11.4. The van der Waals surface area contributed by atoms with Gasteiger partial charge in [0.1, 0.15) is 23.7 Å². The van der Waals surface area contributed by atoms with E-state index in [0.717, 1.165) is 4.90 Å². The summed E-state index contributed by atoms with van der Waals surface area (Å²) in [6, 6.07) is -0.844. The molecule has 2 unspecified atom stereocenters. The van der Waals surface area contributed by atoms with E-state index in [1.807, 2.05) is 0 Å². The van der Waals surface area contributed by atoms with E-state index < -0.39 is 35.2 Å². The van der Waals surface area contributed by atoms with Gasteiger partial charge >= 0.3 is 11.9 Å². The summed E-state index contributed by atoms with van der Waals surface area (Å²) in [6.45, 7) is 0.697. The Bertz CT molecular complexity index is 694. The number of rotatable bonds is 6. The van der Waals surface area contributed by atoms with Crippen molar-refractivity contribution in [2.45, 2.75) is 18.3 Å². The second-order valence-electron chi connectivity index (χ2n) is 5.24. The predicted octanol–water partition coefficient (Wildman–Crippen LogP) is -0.0474. The second-order valence-corrected chi connectivity index (χ2v) is 7.75. The van der Waals surface area contributed by atoms with Gasteiger partial charge in [-0.2, -0.15) is 0 Å². The fourth-order valence-electron chi connectivity index (χ4n) is 2.38. The SMILES string of the molecule is CSC(=S)OCC(=O)NC1C(=O)N2C(C(=O)O)=C(COC(C)=O)CSC12. The first-order valence-corrected chi connectivity index (χ1v) is 9.98. The lowest BCUT2D eigenvalue weighted by Gasteiger charge is -2.49. The maximum absolute atomic E-state index is 12.3. The number of thioether (sulfide) groups is 2. The lowest BCUT2D eigenvalue weighted by Crippen LogP contribution is -2.70. The van der Waals surface area contributed by atoms with Crippen molar-refractivity contribution in [1.82, 2.24) is 10.2 Å². The van der Waals surface area contributed by atoms with Crippen molar-refractivity contribution in [1.29, 1.82) is 0 Å². The molecule has 9 nitrogen and oxygen atoms in total. The number of hydrogen-bond donors (Lipinski definition) is 2. The lowest BCUT2D eigenvalue weighted by atomic mass is 10.0. The molecule has 1 saturated heterocycles. The van der Waals surface area contributed by atoms with Crippen LogP contribution in [0.1, 0.15) is 6.92 Å². The minimum absolute atomic E-state index is 0.197. The van der Waals surface area contributed by atoms with Crippen molar-refractivity contribution in [2.75, 3.05) is 25.2 Å². The number of β-lactam (4-membered cyclic amide) rings is 1. The molecule has 2 aliphatic rings. The fraction of sp³-hybridized carbons (Fsp3) is 0.500. The van der Waals surface area contributed by atoms with Gasteiger partial charge in [0, 0.05) is 18.2 Å². The average molecular weight is 420 g/mol. The summed E-state index contributed by atoms with van der Waals surface area (Å²) in [7, 11) is 0. The predicted molar refractivity (Wildman–Crippen MR) is 98.4 cm³/mol. The first-order valence-electron chi connectivity index (χ1n) is 7.29. The van der Waals surface area contributed by atoms with E-state index in [4.69, 9.17) is 21.7 Å². The van der Waals surface area contributed by atoms with E-state index >= 15 is 0 Å². The second kappa shape index (κ2) is 8.73. The number of carboxylic acids is 1.